The van der Waals surface area contributed by atoms with Crippen molar-refractivity contribution in [3.8, 4) is 6.07 Å². The Hall–Kier alpha value is -2.06. The third-order valence-electron chi connectivity index (χ3n) is 4.43. The summed E-state index contributed by atoms with van der Waals surface area (Å²) < 4.78 is 0. The lowest BCUT2D eigenvalue weighted by Gasteiger charge is -2.12. The first-order valence-corrected chi connectivity index (χ1v) is 9.44. The maximum Gasteiger partial charge on any atom is 0.230 e. The van der Waals surface area contributed by atoms with E-state index in [1.165, 1.54) is 30.2 Å². The summed E-state index contributed by atoms with van der Waals surface area (Å²) in [5, 5.41) is 14.1. The summed E-state index contributed by atoms with van der Waals surface area (Å²) in [6.07, 6.45) is 5.50. The van der Waals surface area contributed by atoms with E-state index in [0.29, 0.717) is 22.4 Å². The smallest absolute Gasteiger partial charge is 0.230 e. The molecule has 1 amide bonds. The zero-order valence-electron chi connectivity index (χ0n) is 13.8. The van der Waals surface area contributed by atoms with Gasteiger partial charge < -0.3 is 5.32 Å². The fraction of sp³-hybridized carbons (Fsp3) is 0.421. The second-order valence-electron chi connectivity index (χ2n) is 6.17. The molecule has 0 atom stereocenters. The van der Waals surface area contributed by atoms with Gasteiger partial charge in [0, 0.05) is 11.4 Å². The predicted octanol–water partition coefficient (Wildman–Crippen LogP) is 3.82. The topological polar surface area (TPSA) is 65.8 Å². The number of nitrogens with zero attached hydrogens (tertiary/aromatic N) is 2. The summed E-state index contributed by atoms with van der Waals surface area (Å²) in [5.41, 5.74) is 2.63. The third kappa shape index (κ3) is 3.88. The van der Waals surface area contributed by atoms with E-state index in [4.69, 9.17) is 0 Å². The lowest BCUT2D eigenvalue weighted by molar-refractivity contribution is -0.119. The van der Waals surface area contributed by atoms with Gasteiger partial charge in [-0.2, -0.15) is 5.26 Å². The lowest BCUT2D eigenvalue weighted by Crippen LogP contribution is -2.33. The van der Waals surface area contributed by atoms with Crippen LogP contribution in [0.15, 0.2) is 29.3 Å². The molecule has 0 unspecified atom stereocenters. The van der Waals surface area contributed by atoms with Crippen molar-refractivity contribution in [1.82, 2.24) is 10.3 Å². The Kier molecular flexibility index (Phi) is 5.37. The van der Waals surface area contributed by atoms with Gasteiger partial charge >= 0.3 is 0 Å². The van der Waals surface area contributed by atoms with E-state index >= 15 is 0 Å². The van der Waals surface area contributed by atoms with Gasteiger partial charge in [-0.25, -0.2) is 4.98 Å². The number of carbonyl (C=O) groups excluding carboxylic acids is 1. The van der Waals surface area contributed by atoms with Gasteiger partial charge in [-0.15, -0.1) is 0 Å². The number of hydrogen-bond acceptors (Lipinski definition) is 4. The number of amides is 1. The maximum absolute atomic E-state index is 12.1. The van der Waals surface area contributed by atoms with Gasteiger partial charge in [-0.3, -0.25) is 4.79 Å². The lowest BCUT2D eigenvalue weighted by atomic mass is 10.1. The molecule has 24 heavy (non-hydrogen) atoms. The minimum Gasteiger partial charge on any atom is -0.353 e. The van der Waals surface area contributed by atoms with Crippen LogP contribution in [0.25, 0.3) is 10.9 Å². The quantitative estimate of drug-likeness (QED) is 0.841. The highest BCUT2D eigenvalue weighted by atomic mass is 32.2. The Morgan fingerprint density at radius 1 is 1.38 bits per heavy atom. The van der Waals surface area contributed by atoms with Crippen LogP contribution in [0.3, 0.4) is 0 Å². The van der Waals surface area contributed by atoms with Crippen molar-refractivity contribution in [3.05, 3.63) is 35.4 Å². The molecule has 3 rings (SSSR count). The van der Waals surface area contributed by atoms with Crippen molar-refractivity contribution in [2.45, 2.75) is 50.1 Å². The number of hydrogen-bond donors (Lipinski definition) is 1. The molecule has 0 spiro atoms. The third-order valence-corrected chi connectivity index (χ3v) is 5.42. The molecular weight excluding hydrogens is 318 g/mol. The molecule has 0 radical (unpaired) electrons. The van der Waals surface area contributed by atoms with Gasteiger partial charge in [0.15, 0.2) is 0 Å². The van der Waals surface area contributed by atoms with Crippen LogP contribution >= 0.6 is 11.8 Å². The minimum atomic E-state index is 0.0269. The van der Waals surface area contributed by atoms with Crippen LogP contribution in [0.2, 0.25) is 0 Å². The molecule has 1 aromatic heterocycles. The Morgan fingerprint density at radius 3 is 2.88 bits per heavy atom. The van der Waals surface area contributed by atoms with Gasteiger partial charge in [0.05, 0.1) is 16.8 Å². The molecule has 1 N–H and O–H groups in total. The van der Waals surface area contributed by atoms with Gasteiger partial charge in [0.2, 0.25) is 5.91 Å². The molecular formula is C19H21N3OS. The zero-order valence-corrected chi connectivity index (χ0v) is 14.7. The van der Waals surface area contributed by atoms with Crippen molar-refractivity contribution in [2.75, 3.05) is 5.75 Å². The molecule has 1 aromatic carbocycles. The highest BCUT2D eigenvalue weighted by Crippen LogP contribution is 2.25. The first-order valence-electron chi connectivity index (χ1n) is 8.45. The first-order chi connectivity index (χ1) is 11.7. The van der Waals surface area contributed by atoms with Crippen molar-refractivity contribution >= 4 is 28.6 Å². The average Bonchev–Trinajstić information content (AvgIpc) is 3.11. The maximum atomic E-state index is 12.1. The Balaban J connectivity index is 1.73. The van der Waals surface area contributed by atoms with E-state index in [-0.39, 0.29) is 5.91 Å². The molecule has 0 bridgehead atoms. The number of aryl methyl sites for hydroxylation is 1. The summed E-state index contributed by atoms with van der Waals surface area (Å²) in [5.74, 6) is 0.329. The van der Waals surface area contributed by atoms with Crippen LogP contribution in [-0.4, -0.2) is 22.7 Å². The normalized spacial score (nSPS) is 14.7. The molecule has 1 heterocycles. The van der Waals surface area contributed by atoms with Crippen LogP contribution in [-0.2, 0) is 11.2 Å². The standard InChI is InChI=1S/C19H21N3OS/c1-2-13-7-8-17-14(9-13)10-15(11-20)19(22-17)24-12-18(23)21-16-5-3-4-6-16/h7-10,16H,2-6,12H2,1H3,(H,21,23). The van der Waals surface area contributed by atoms with Gasteiger partial charge in [0.1, 0.15) is 11.1 Å². The number of rotatable bonds is 5. The molecule has 1 fully saturated rings. The summed E-state index contributed by atoms with van der Waals surface area (Å²) in [7, 11) is 0. The number of nitrogens with one attached hydrogen (secondary N) is 1. The molecule has 4 nitrogen and oxygen atoms in total. The van der Waals surface area contributed by atoms with E-state index in [2.05, 4.69) is 35.4 Å². The molecule has 124 valence electrons. The number of pyridine rings is 1. The minimum absolute atomic E-state index is 0.0269. The van der Waals surface area contributed by atoms with Gasteiger partial charge in [-0.1, -0.05) is 37.6 Å². The number of nitriles is 1. The Bertz CT molecular complexity index is 791. The van der Waals surface area contributed by atoms with E-state index < -0.39 is 0 Å². The molecule has 2 aromatic rings. The van der Waals surface area contributed by atoms with Crippen LogP contribution < -0.4 is 5.32 Å². The average molecular weight is 339 g/mol. The van der Waals surface area contributed by atoms with Crippen LogP contribution in [0.1, 0.15) is 43.7 Å². The van der Waals surface area contributed by atoms with Crippen molar-refractivity contribution < 1.29 is 4.79 Å². The van der Waals surface area contributed by atoms with E-state index in [1.54, 1.807) is 0 Å². The fourth-order valence-electron chi connectivity index (χ4n) is 3.09. The van der Waals surface area contributed by atoms with Gasteiger partial charge in [-0.05, 0) is 43.0 Å². The zero-order chi connectivity index (χ0) is 16.9. The highest BCUT2D eigenvalue weighted by Gasteiger charge is 2.17. The number of carbonyl (C=O) groups is 1. The SMILES string of the molecule is CCc1ccc2nc(SCC(=O)NC3CCCC3)c(C#N)cc2c1. The predicted molar refractivity (Wildman–Crippen MR) is 97.0 cm³/mol. The van der Waals surface area contributed by atoms with E-state index in [1.807, 2.05) is 12.1 Å². The number of aromatic nitrogens is 1. The van der Waals surface area contributed by atoms with Crippen molar-refractivity contribution in [1.29, 1.82) is 5.26 Å². The second kappa shape index (κ2) is 7.67. The monoisotopic (exact) mass is 339 g/mol. The molecule has 0 saturated heterocycles. The molecule has 1 aliphatic rings. The molecule has 1 aliphatic carbocycles. The van der Waals surface area contributed by atoms with Crippen LogP contribution in [0, 0.1) is 11.3 Å². The summed E-state index contributed by atoms with van der Waals surface area (Å²) in [6, 6.07) is 10.5. The second-order valence-corrected chi connectivity index (χ2v) is 7.14. The number of benzene rings is 1. The number of fused-ring (bicyclic) bond motifs is 1. The largest absolute Gasteiger partial charge is 0.353 e. The number of thioether (sulfide) groups is 1. The van der Waals surface area contributed by atoms with E-state index in [9.17, 15) is 10.1 Å². The van der Waals surface area contributed by atoms with Crippen molar-refractivity contribution in [2.24, 2.45) is 0 Å². The van der Waals surface area contributed by atoms with Crippen LogP contribution in [0.4, 0.5) is 0 Å². The molecule has 1 saturated carbocycles. The molecule has 0 aliphatic heterocycles. The summed E-state index contributed by atoms with van der Waals surface area (Å²) >= 11 is 1.34. The summed E-state index contributed by atoms with van der Waals surface area (Å²) in [4.78, 5) is 16.7. The highest BCUT2D eigenvalue weighted by molar-refractivity contribution is 8.00. The Labute approximate surface area is 146 Å². The van der Waals surface area contributed by atoms with Crippen LogP contribution in [0.5, 0.6) is 0 Å². The van der Waals surface area contributed by atoms with Crippen molar-refractivity contribution in [3.63, 3.8) is 0 Å². The summed E-state index contributed by atoms with van der Waals surface area (Å²) in [6.45, 7) is 2.10. The fourth-order valence-corrected chi connectivity index (χ4v) is 3.87. The van der Waals surface area contributed by atoms with E-state index in [0.717, 1.165) is 30.2 Å². The van der Waals surface area contributed by atoms with Gasteiger partial charge in [0.25, 0.3) is 0 Å². The molecule has 5 heteroatoms. The first kappa shape index (κ1) is 16.8. The Morgan fingerprint density at radius 2 is 2.17 bits per heavy atom.